The molecule has 1 heterocycles. The molecule has 3 atom stereocenters. The zero-order valence-electron chi connectivity index (χ0n) is 16.7. The summed E-state index contributed by atoms with van der Waals surface area (Å²) in [5.74, 6) is -3.83. The number of aromatic hydroxyl groups is 1. The highest BCUT2D eigenvalue weighted by molar-refractivity contribution is 6.22. The molecule has 3 aliphatic carbocycles. The number of furan rings is 1. The molecule has 3 aliphatic rings. The molecule has 158 valence electrons. The summed E-state index contributed by atoms with van der Waals surface area (Å²) < 4.78 is 5.50. The van der Waals surface area contributed by atoms with Crippen LogP contribution in [0.25, 0.3) is 11.3 Å². The molecule has 0 amide bonds. The van der Waals surface area contributed by atoms with E-state index in [0.717, 1.165) is 0 Å². The average Bonchev–Trinajstić information content (AvgIpc) is 3.21. The molecular weight excluding hydrogens is 400 g/mol. The van der Waals surface area contributed by atoms with Crippen molar-refractivity contribution in [1.29, 1.82) is 0 Å². The van der Waals surface area contributed by atoms with Crippen molar-refractivity contribution in [2.45, 2.75) is 26.2 Å². The predicted molar refractivity (Wildman–Crippen MR) is 109 cm³/mol. The van der Waals surface area contributed by atoms with Gasteiger partial charge in [-0.3, -0.25) is 14.4 Å². The molecule has 0 aliphatic heterocycles. The highest BCUT2D eigenvalue weighted by Crippen LogP contribution is 2.50. The summed E-state index contributed by atoms with van der Waals surface area (Å²) in [6.07, 6.45) is 2.37. The third kappa shape index (κ3) is 2.69. The van der Waals surface area contributed by atoms with Crippen molar-refractivity contribution in [2.75, 3.05) is 0 Å². The van der Waals surface area contributed by atoms with Crippen LogP contribution in [0, 0.1) is 17.8 Å². The van der Waals surface area contributed by atoms with Gasteiger partial charge in [0.05, 0.1) is 23.3 Å². The number of fused-ring (bicyclic) bond motifs is 3. The number of phenolic OH excluding ortho intramolecular Hbond substituents is 1. The first-order valence-corrected chi connectivity index (χ1v) is 10.1. The van der Waals surface area contributed by atoms with E-state index in [4.69, 9.17) is 4.42 Å². The molecule has 1 aromatic heterocycles. The monoisotopic (exact) mass is 420 g/mol. The van der Waals surface area contributed by atoms with E-state index in [1.165, 1.54) is 19.3 Å². The molecule has 3 unspecified atom stereocenters. The molecule has 1 aromatic carbocycles. The number of aliphatic hydroxyl groups is 2. The molecule has 3 N–H and O–H groups in total. The normalized spacial score (nSPS) is 25.3. The summed E-state index contributed by atoms with van der Waals surface area (Å²) in [5, 5.41) is 31.7. The summed E-state index contributed by atoms with van der Waals surface area (Å²) in [5.41, 5.74) is 1.22. The number of aliphatic hydroxyl groups excluding tert-OH is 2. The molecule has 31 heavy (non-hydrogen) atoms. The van der Waals surface area contributed by atoms with Crippen molar-refractivity contribution in [3.05, 3.63) is 64.3 Å². The van der Waals surface area contributed by atoms with Gasteiger partial charge in [0, 0.05) is 17.6 Å². The van der Waals surface area contributed by atoms with E-state index < -0.39 is 29.2 Å². The number of allylic oxidation sites excluding steroid dienone is 4. The standard InChI is InChI=1S/C24H20O7/c1-10(25)18-16(27)9-12-7-11-8-14-13(17-3-2-6-31-17)4-5-15(26)21(14)24(30)19(11)23(29)20(12)22(18)28/h2-6,11-12,20,26-27,29H,7-9H2,1H3. The SMILES string of the molecule is CC(=O)C1=C(O)CC2CC3Cc4c(-c5ccco5)ccc(O)c4C(=O)C3=C(O)C2C1=O. The second-order valence-electron chi connectivity index (χ2n) is 8.41. The van der Waals surface area contributed by atoms with Crippen LogP contribution in [-0.2, 0) is 16.0 Å². The van der Waals surface area contributed by atoms with Crippen molar-refractivity contribution in [1.82, 2.24) is 0 Å². The second-order valence-corrected chi connectivity index (χ2v) is 8.41. The molecule has 2 aromatic rings. The number of carbonyl (C=O) groups excluding carboxylic acids is 3. The lowest BCUT2D eigenvalue weighted by Crippen LogP contribution is -2.42. The average molecular weight is 420 g/mol. The van der Waals surface area contributed by atoms with Gasteiger partial charge in [0.2, 0.25) is 0 Å². The van der Waals surface area contributed by atoms with E-state index in [1.54, 1.807) is 18.2 Å². The largest absolute Gasteiger partial charge is 0.511 e. The Labute approximate surface area is 177 Å². The zero-order valence-corrected chi connectivity index (χ0v) is 16.7. The Morgan fingerprint density at radius 2 is 1.87 bits per heavy atom. The van der Waals surface area contributed by atoms with Crippen LogP contribution in [0.2, 0.25) is 0 Å². The number of rotatable bonds is 2. The maximum Gasteiger partial charge on any atom is 0.196 e. The lowest BCUT2D eigenvalue weighted by Gasteiger charge is -2.41. The quantitative estimate of drug-likeness (QED) is 0.631. The topological polar surface area (TPSA) is 125 Å². The first-order valence-electron chi connectivity index (χ1n) is 10.1. The van der Waals surface area contributed by atoms with Gasteiger partial charge in [0.25, 0.3) is 0 Å². The maximum absolute atomic E-state index is 13.4. The molecular formula is C24H20O7. The van der Waals surface area contributed by atoms with Gasteiger partial charge in [-0.15, -0.1) is 0 Å². The van der Waals surface area contributed by atoms with Gasteiger partial charge in [-0.25, -0.2) is 0 Å². The maximum atomic E-state index is 13.4. The number of Topliss-reactive ketones (excluding diaryl/α,β-unsaturated/α-hetero) is 3. The minimum absolute atomic E-state index is 0.0886. The van der Waals surface area contributed by atoms with Crippen molar-refractivity contribution in [2.24, 2.45) is 17.8 Å². The highest BCUT2D eigenvalue weighted by atomic mass is 16.3. The lowest BCUT2D eigenvalue weighted by atomic mass is 9.62. The fourth-order valence-electron chi connectivity index (χ4n) is 5.42. The smallest absolute Gasteiger partial charge is 0.196 e. The summed E-state index contributed by atoms with van der Waals surface area (Å²) in [7, 11) is 0. The van der Waals surface area contributed by atoms with Gasteiger partial charge in [0.15, 0.2) is 17.3 Å². The first-order chi connectivity index (χ1) is 14.8. The summed E-state index contributed by atoms with van der Waals surface area (Å²) in [6, 6.07) is 6.61. The van der Waals surface area contributed by atoms with Crippen LogP contribution in [0.3, 0.4) is 0 Å². The number of hydrogen-bond donors (Lipinski definition) is 3. The molecule has 5 rings (SSSR count). The molecule has 0 saturated carbocycles. The van der Waals surface area contributed by atoms with Crippen molar-refractivity contribution in [3.8, 4) is 17.1 Å². The first kappa shape index (κ1) is 19.4. The Balaban J connectivity index is 1.66. The fourth-order valence-corrected chi connectivity index (χ4v) is 5.42. The van der Waals surface area contributed by atoms with E-state index in [9.17, 15) is 29.7 Å². The highest BCUT2D eigenvalue weighted by Gasteiger charge is 2.50. The zero-order chi connectivity index (χ0) is 22.0. The van der Waals surface area contributed by atoms with Gasteiger partial charge < -0.3 is 19.7 Å². The van der Waals surface area contributed by atoms with Crippen LogP contribution in [0.1, 0.15) is 35.7 Å². The van der Waals surface area contributed by atoms with Crippen molar-refractivity contribution < 1.29 is 34.1 Å². The van der Waals surface area contributed by atoms with Gasteiger partial charge in [0.1, 0.15) is 23.0 Å². The second kappa shape index (κ2) is 6.70. The Bertz CT molecular complexity index is 1210. The molecule has 0 saturated heterocycles. The van der Waals surface area contributed by atoms with Crippen LogP contribution >= 0.6 is 0 Å². The summed E-state index contributed by atoms with van der Waals surface area (Å²) >= 11 is 0. The van der Waals surface area contributed by atoms with Crippen molar-refractivity contribution >= 4 is 17.3 Å². The Morgan fingerprint density at radius 1 is 1.10 bits per heavy atom. The minimum Gasteiger partial charge on any atom is -0.511 e. The van der Waals surface area contributed by atoms with E-state index in [1.807, 2.05) is 0 Å². The van der Waals surface area contributed by atoms with Crippen LogP contribution in [0.15, 0.2) is 57.6 Å². The molecule has 0 spiro atoms. The number of benzene rings is 1. The summed E-state index contributed by atoms with van der Waals surface area (Å²) in [6.45, 7) is 1.19. The number of hydrogen-bond acceptors (Lipinski definition) is 7. The van der Waals surface area contributed by atoms with Crippen LogP contribution in [0.5, 0.6) is 5.75 Å². The van der Waals surface area contributed by atoms with Crippen LogP contribution in [-0.4, -0.2) is 32.7 Å². The van der Waals surface area contributed by atoms with Crippen LogP contribution < -0.4 is 0 Å². The summed E-state index contributed by atoms with van der Waals surface area (Å²) in [4.78, 5) is 38.2. The molecule has 7 nitrogen and oxygen atoms in total. The third-order valence-electron chi connectivity index (χ3n) is 6.66. The van der Waals surface area contributed by atoms with Crippen molar-refractivity contribution in [3.63, 3.8) is 0 Å². The van der Waals surface area contributed by atoms with Gasteiger partial charge in [-0.1, -0.05) is 0 Å². The number of carbonyl (C=O) groups is 3. The van der Waals surface area contributed by atoms with Crippen LogP contribution in [0.4, 0.5) is 0 Å². The third-order valence-corrected chi connectivity index (χ3v) is 6.66. The Hall–Kier alpha value is -3.61. The van der Waals surface area contributed by atoms with E-state index in [0.29, 0.717) is 29.7 Å². The fraction of sp³-hybridized carbons (Fsp3) is 0.292. The van der Waals surface area contributed by atoms with E-state index >= 15 is 0 Å². The van der Waals surface area contributed by atoms with Gasteiger partial charge in [-0.05, 0) is 61.4 Å². The van der Waals surface area contributed by atoms with E-state index in [2.05, 4.69) is 0 Å². The molecule has 7 heteroatoms. The van der Waals surface area contributed by atoms with Gasteiger partial charge >= 0.3 is 0 Å². The predicted octanol–water partition coefficient (Wildman–Crippen LogP) is 3.83. The molecule has 0 fully saturated rings. The van der Waals surface area contributed by atoms with Gasteiger partial charge in [-0.2, -0.15) is 0 Å². The molecule has 0 bridgehead atoms. The number of phenols is 1. The minimum atomic E-state index is -1.04. The Morgan fingerprint density at radius 3 is 2.55 bits per heavy atom. The number of ketones is 3. The van der Waals surface area contributed by atoms with E-state index in [-0.39, 0.29) is 46.3 Å². The molecule has 0 radical (unpaired) electrons. The Kier molecular flexibility index (Phi) is 4.18. The lowest BCUT2D eigenvalue weighted by molar-refractivity contribution is -0.125.